The molecule has 0 unspecified atom stereocenters. The van der Waals surface area contributed by atoms with Crippen LogP contribution in [0.4, 0.5) is 0 Å². The highest BCUT2D eigenvalue weighted by atomic mass is 16.5. The Morgan fingerprint density at radius 1 is 1.63 bits per heavy atom. The maximum absolute atomic E-state index is 12.3. The molecule has 1 aromatic heterocycles. The van der Waals surface area contributed by atoms with Crippen LogP contribution in [0.25, 0.3) is 0 Å². The van der Waals surface area contributed by atoms with Gasteiger partial charge in [0, 0.05) is 25.6 Å². The molecule has 0 aliphatic carbocycles. The second-order valence-electron chi connectivity index (χ2n) is 4.40. The molecule has 2 heterocycles. The van der Waals surface area contributed by atoms with Gasteiger partial charge in [-0.3, -0.25) is 4.79 Å². The molecule has 1 aliphatic heterocycles. The number of oxime groups is 1. The van der Waals surface area contributed by atoms with E-state index in [1.54, 1.807) is 12.4 Å². The van der Waals surface area contributed by atoms with Crippen molar-refractivity contribution in [1.29, 1.82) is 0 Å². The molecular formula is C11H17N5O3. The van der Waals surface area contributed by atoms with E-state index in [2.05, 4.69) is 20.4 Å². The number of nitrogens with zero attached hydrogens (tertiary/aromatic N) is 2. The fraction of sp³-hybridized carbons (Fsp3) is 0.545. The van der Waals surface area contributed by atoms with Gasteiger partial charge in [-0.2, -0.15) is 0 Å². The molecule has 1 aromatic rings. The number of aromatic nitrogens is 2. The number of amides is 1. The van der Waals surface area contributed by atoms with E-state index in [1.165, 1.54) is 0 Å². The molecule has 2 rings (SSSR count). The molecular weight excluding hydrogens is 250 g/mol. The summed E-state index contributed by atoms with van der Waals surface area (Å²) in [7, 11) is 0. The van der Waals surface area contributed by atoms with Gasteiger partial charge in [-0.25, -0.2) is 4.98 Å². The second-order valence-corrected chi connectivity index (χ2v) is 4.40. The smallest absolute Gasteiger partial charge is 0.234 e. The molecule has 19 heavy (non-hydrogen) atoms. The number of carbonyl (C=O) groups excluding carboxylic acids is 1. The van der Waals surface area contributed by atoms with E-state index in [4.69, 9.17) is 15.7 Å². The normalized spacial score (nSPS) is 19.1. The van der Waals surface area contributed by atoms with E-state index in [0.29, 0.717) is 31.9 Å². The Balaban J connectivity index is 2.07. The zero-order valence-corrected chi connectivity index (χ0v) is 10.4. The molecule has 0 atom stereocenters. The van der Waals surface area contributed by atoms with Crippen molar-refractivity contribution in [3.05, 3.63) is 18.2 Å². The number of nitrogens with two attached hydrogens (primary N) is 1. The van der Waals surface area contributed by atoms with Gasteiger partial charge in [-0.15, -0.1) is 0 Å². The van der Waals surface area contributed by atoms with Gasteiger partial charge in [0.15, 0.2) is 5.84 Å². The summed E-state index contributed by atoms with van der Waals surface area (Å²) in [5.41, 5.74) is 4.69. The van der Waals surface area contributed by atoms with Crippen molar-refractivity contribution in [2.45, 2.75) is 19.4 Å². The van der Waals surface area contributed by atoms with Crippen LogP contribution in [0, 0.1) is 5.41 Å². The molecule has 1 saturated heterocycles. The van der Waals surface area contributed by atoms with E-state index in [-0.39, 0.29) is 18.3 Å². The predicted octanol–water partition coefficient (Wildman–Crippen LogP) is -0.431. The molecule has 0 bridgehead atoms. The summed E-state index contributed by atoms with van der Waals surface area (Å²) in [4.78, 5) is 19.2. The highest BCUT2D eigenvalue weighted by Crippen LogP contribution is 2.31. The van der Waals surface area contributed by atoms with Crippen LogP contribution in [-0.2, 0) is 16.1 Å². The number of hydrogen-bond donors (Lipinski definition) is 4. The fourth-order valence-corrected chi connectivity index (χ4v) is 2.14. The number of aromatic amines is 1. The van der Waals surface area contributed by atoms with E-state index >= 15 is 0 Å². The number of rotatable bonds is 4. The lowest BCUT2D eigenvalue weighted by Gasteiger charge is -2.34. The summed E-state index contributed by atoms with van der Waals surface area (Å²) in [5, 5.41) is 14.6. The number of carbonyl (C=O) groups is 1. The SMILES string of the molecule is NC(=NO)C1(C(=O)NCc2ncc[nH]2)CCOCC1. The largest absolute Gasteiger partial charge is 0.409 e. The van der Waals surface area contributed by atoms with E-state index in [0.717, 1.165) is 0 Å². The molecule has 1 aliphatic rings. The Bertz CT molecular complexity index is 451. The Morgan fingerprint density at radius 2 is 2.37 bits per heavy atom. The van der Waals surface area contributed by atoms with Crippen LogP contribution in [0.2, 0.25) is 0 Å². The Kier molecular flexibility index (Phi) is 4.00. The van der Waals surface area contributed by atoms with Crippen LogP contribution in [0.5, 0.6) is 0 Å². The van der Waals surface area contributed by atoms with Crippen LogP contribution in [0.3, 0.4) is 0 Å². The van der Waals surface area contributed by atoms with Gasteiger partial charge in [0.2, 0.25) is 5.91 Å². The zero-order valence-electron chi connectivity index (χ0n) is 10.4. The van der Waals surface area contributed by atoms with Crippen molar-refractivity contribution in [2.75, 3.05) is 13.2 Å². The minimum absolute atomic E-state index is 0.0762. The molecule has 5 N–H and O–H groups in total. The summed E-state index contributed by atoms with van der Waals surface area (Å²) < 4.78 is 5.23. The molecule has 1 amide bonds. The monoisotopic (exact) mass is 267 g/mol. The minimum Gasteiger partial charge on any atom is -0.409 e. The molecule has 0 radical (unpaired) electrons. The molecule has 104 valence electrons. The highest BCUT2D eigenvalue weighted by molar-refractivity contribution is 6.06. The van der Waals surface area contributed by atoms with Crippen LogP contribution < -0.4 is 11.1 Å². The first-order valence-corrected chi connectivity index (χ1v) is 6.01. The van der Waals surface area contributed by atoms with Gasteiger partial charge in [0.05, 0.1) is 6.54 Å². The quantitative estimate of drug-likeness (QED) is 0.255. The summed E-state index contributed by atoms with van der Waals surface area (Å²) in [6.07, 6.45) is 4.07. The third kappa shape index (κ3) is 2.68. The third-order valence-corrected chi connectivity index (χ3v) is 3.35. The summed E-state index contributed by atoms with van der Waals surface area (Å²) in [6, 6.07) is 0. The van der Waals surface area contributed by atoms with Crippen molar-refractivity contribution in [1.82, 2.24) is 15.3 Å². The van der Waals surface area contributed by atoms with E-state index in [9.17, 15) is 4.79 Å². The molecule has 0 spiro atoms. The number of ether oxygens (including phenoxy) is 1. The van der Waals surface area contributed by atoms with Gasteiger partial charge >= 0.3 is 0 Å². The Morgan fingerprint density at radius 3 is 2.95 bits per heavy atom. The first-order valence-electron chi connectivity index (χ1n) is 6.01. The van der Waals surface area contributed by atoms with Crippen LogP contribution >= 0.6 is 0 Å². The average molecular weight is 267 g/mol. The van der Waals surface area contributed by atoms with Gasteiger partial charge in [0.1, 0.15) is 11.2 Å². The van der Waals surface area contributed by atoms with Crippen molar-refractivity contribution in [2.24, 2.45) is 16.3 Å². The molecule has 1 fully saturated rings. The number of H-pyrrole nitrogens is 1. The molecule has 8 nitrogen and oxygen atoms in total. The molecule has 0 aromatic carbocycles. The second kappa shape index (κ2) is 5.70. The number of imidazole rings is 1. The highest BCUT2D eigenvalue weighted by Gasteiger charge is 2.44. The first-order chi connectivity index (χ1) is 9.19. The Labute approximate surface area is 110 Å². The van der Waals surface area contributed by atoms with Crippen molar-refractivity contribution < 1.29 is 14.7 Å². The summed E-state index contributed by atoms with van der Waals surface area (Å²) >= 11 is 0. The lowest BCUT2D eigenvalue weighted by molar-refractivity contribution is -0.131. The van der Waals surface area contributed by atoms with Crippen LogP contribution in [-0.4, -0.2) is 40.1 Å². The number of nitrogens with one attached hydrogen (secondary N) is 2. The van der Waals surface area contributed by atoms with Crippen molar-refractivity contribution in [3.8, 4) is 0 Å². The van der Waals surface area contributed by atoms with Crippen LogP contribution in [0.15, 0.2) is 17.5 Å². The molecule has 0 saturated carbocycles. The fourth-order valence-electron chi connectivity index (χ4n) is 2.14. The number of amidine groups is 1. The first kappa shape index (κ1) is 13.3. The topological polar surface area (TPSA) is 126 Å². The van der Waals surface area contributed by atoms with E-state index in [1.807, 2.05) is 0 Å². The van der Waals surface area contributed by atoms with E-state index < -0.39 is 5.41 Å². The molecule has 8 heteroatoms. The maximum Gasteiger partial charge on any atom is 0.234 e. The van der Waals surface area contributed by atoms with Gasteiger partial charge < -0.3 is 26.0 Å². The number of hydrogen-bond acceptors (Lipinski definition) is 5. The van der Waals surface area contributed by atoms with Gasteiger partial charge in [-0.05, 0) is 12.8 Å². The van der Waals surface area contributed by atoms with Crippen molar-refractivity contribution in [3.63, 3.8) is 0 Å². The average Bonchev–Trinajstić information content (AvgIpc) is 2.97. The van der Waals surface area contributed by atoms with Crippen molar-refractivity contribution >= 4 is 11.7 Å². The Hall–Kier alpha value is -2.09. The zero-order chi connectivity index (χ0) is 13.7. The summed E-state index contributed by atoms with van der Waals surface area (Å²) in [6.45, 7) is 1.09. The minimum atomic E-state index is -1.00. The maximum atomic E-state index is 12.3. The summed E-state index contributed by atoms with van der Waals surface area (Å²) in [5.74, 6) is 0.297. The van der Waals surface area contributed by atoms with Gasteiger partial charge in [-0.1, -0.05) is 5.16 Å². The lowest BCUT2D eigenvalue weighted by Crippen LogP contribution is -2.52. The third-order valence-electron chi connectivity index (χ3n) is 3.35. The van der Waals surface area contributed by atoms with Crippen LogP contribution in [0.1, 0.15) is 18.7 Å². The van der Waals surface area contributed by atoms with Gasteiger partial charge in [0.25, 0.3) is 0 Å². The predicted molar refractivity (Wildman–Crippen MR) is 66.3 cm³/mol. The standard InChI is InChI=1S/C11H17N5O3/c12-9(16-18)11(1-5-19-6-2-11)10(17)15-7-8-13-3-4-14-8/h3-4,18H,1-2,5-7H2,(H2,12,16)(H,13,14)(H,15,17). The lowest BCUT2D eigenvalue weighted by atomic mass is 9.78.